The Kier molecular flexibility index (Phi) is 3.46. The minimum atomic E-state index is -0.191. The van der Waals surface area contributed by atoms with Crippen LogP contribution in [0.5, 0.6) is 0 Å². The summed E-state index contributed by atoms with van der Waals surface area (Å²) in [5.74, 6) is 0.447. The number of nitrogens with zero attached hydrogens (tertiary/aromatic N) is 2. The van der Waals surface area contributed by atoms with E-state index in [1.165, 1.54) is 16.7 Å². The molecule has 2 rings (SSSR count). The van der Waals surface area contributed by atoms with Crippen LogP contribution in [0.4, 0.5) is 4.79 Å². The van der Waals surface area contributed by atoms with Gasteiger partial charge in [-0.05, 0) is 17.7 Å². The lowest BCUT2D eigenvalue weighted by Gasteiger charge is -2.24. The molecule has 0 aliphatic carbocycles. The molecule has 0 radical (unpaired) electrons. The van der Waals surface area contributed by atoms with E-state index < -0.39 is 0 Å². The summed E-state index contributed by atoms with van der Waals surface area (Å²) >= 11 is 6.90. The van der Waals surface area contributed by atoms with E-state index in [0.29, 0.717) is 17.3 Å². The predicted molar refractivity (Wildman–Crippen MR) is 62.3 cm³/mol. The summed E-state index contributed by atoms with van der Waals surface area (Å²) in [6.45, 7) is 0.271. The number of thioether (sulfide) groups is 1. The van der Waals surface area contributed by atoms with Gasteiger partial charge in [0, 0.05) is 18.4 Å². The second kappa shape index (κ2) is 4.84. The van der Waals surface area contributed by atoms with E-state index in [-0.39, 0.29) is 17.7 Å². The van der Waals surface area contributed by atoms with Crippen molar-refractivity contribution in [2.45, 2.75) is 13.0 Å². The molecule has 84 valence electrons. The fourth-order valence-corrected chi connectivity index (χ4v) is 2.39. The summed E-state index contributed by atoms with van der Waals surface area (Å²) in [5.41, 5.74) is 0.809. The van der Waals surface area contributed by atoms with Crippen LogP contribution in [0.2, 0.25) is 5.15 Å². The molecule has 1 aliphatic rings. The summed E-state index contributed by atoms with van der Waals surface area (Å²) in [5, 5.41) is 0.172. The number of aromatic nitrogens is 1. The van der Waals surface area contributed by atoms with Crippen LogP contribution in [0.15, 0.2) is 18.3 Å². The van der Waals surface area contributed by atoms with E-state index in [9.17, 15) is 9.59 Å². The molecule has 2 amide bonds. The fourth-order valence-electron chi connectivity index (χ4n) is 1.42. The van der Waals surface area contributed by atoms with E-state index in [4.69, 9.17) is 11.6 Å². The second-order valence-electron chi connectivity index (χ2n) is 3.33. The number of carbonyl (C=O) groups is 2. The molecule has 6 heteroatoms. The molecule has 1 aromatic heterocycles. The first-order valence-electron chi connectivity index (χ1n) is 4.74. The zero-order chi connectivity index (χ0) is 11.5. The van der Waals surface area contributed by atoms with Gasteiger partial charge in [-0.3, -0.25) is 14.5 Å². The normalized spacial score (nSPS) is 16.7. The maximum Gasteiger partial charge on any atom is 0.288 e. The number of pyridine rings is 1. The van der Waals surface area contributed by atoms with Gasteiger partial charge in [0.2, 0.25) is 5.91 Å². The summed E-state index contributed by atoms with van der Waals surface area (Å²) in [6.07, 6.45) is 1.97. The number of amides is 2. The molecular formula is C10H9ClN2O2S. The molecule has 0 aromatic carbocycles. The molecule has 1 saturated heterocycles. The number of carbonyl (C=O) groups excluding carboxylic acids is 2. The predicted octanol–water partition coefficient (Wildman–Crippen LogP) is 2.32. The summed E-state index contributed by atoms with van der Waals surface area (Å²) in [7, 11) is 0. The van der Waals surface area contributed by atoms with Crippen LogP contribution in [-0.2, 0) is 11.3 Å². The molecular weight excluding hydrogens is 248 g/mol. The molecule has 2 heterocycles. The zero-order valence-corrected chi connectivity index (χ0v) is 9.92. The molecule has 1 aliphatic heterocycles. The Morgan fingerprint density at radius 2 is 2.31 bits per heavy atom. The van der Waals surface area contributed by atoms with Gasteiger partial charge in [0.15, 0.2) is 0 Å². The number of hydrogen-bond donors (Lipinski definition) is 0. The largest absolute Gasteiger partial charge is 0.288 e. The van der Waals surface area contributed by atoms with Crippen LogP contribution >= 0.6 is 23.4 Å². The highest BCUT2D eigenvalue weighted by atomic mass is 35.5. The first kappa shape index (κ1) is 11.4. The van der Waals surface area contributed by atoms with Gasteiger partial charge in [0.25, 0.3) is 5.24 Å². The van der Waals surface area contributed by atoms with Crippen molar-refractivity contribution in [1.82, 2.24) is 9.88 Å². The van der Waals surface area contributed by atoms with E-state index in [1.54, 1.807) is 18.3 Å². The van der Waals surface area contributed by atoms with E-state index >= 15 is 0 Å². The average Bonchev–Trinajstić information content (AvgIpc) is 2.24. The maximum absolute atomic E-state index is 11.5. The van der Waals surface area contributed by atoms with Crippen molar-refractivity contribution in [3.8, 4) is 0 Å². The lowest BCUT2D eigenvalue weighted by molar-refractivity contribution is -0.128. The van der Waals surface area contributed by atoms with Gasteiger partial charge in [0.05, 0.1) is 6.54 Å². The summed E-state index contributed by atoms with van der Waals surface area (Å²) in [4.78, 5) is 28.1. The quantitative estimate of drug-likeness (QED) is 0.762. The van der Waals surface area contributed by atoms with Crippen molar-refractivity contribution in [1.29, 1.82) is 0 Å². The molecule has 1 fully saturated rings. The monoisotopic (exact) mass is 256 g/mol. The van der Waals surface area contributed by atoms with Crippen LogP contribution in [0, 0.1) is 0 Å². The van der Waals surface area contributed by atoms with Gasteiger partial charge in [-0.15, -0.1) is 0 Å². The summed E-state index contributed by atoms with van der Waals surface area (Å²) in [6, 6.07) is 3.40. The highest BCUT2D eigenvalue weighted by molar-refractivity contribution is 8.13. The van der Waals surface area contributed by atoms with Crippen LogP contribution in [0.1, 0.15) is 12.0 Å². The molecule has 0 N–H and O–H groups in total. The van der Waals surface area contributed by atoms with E-state index in [0.717, 1.165) is 5.56 Å². The maximum atomic E-state index is 11.5. The minimum absolute atomic E-state index is 0.128. The molecule has 0 saturated carbocycles. The highest BCUT2D eigenvalue weighted by Gasteiger charge is 2.26. The SMILES string of the molecule is O=C1CCSC(=O)N1Cc1ccnc(Cl)c1. The molecule has 0 atom stereocenters. The smallest absolute Gasteiger partial charge is 0.274 e. The van der Waals surface area contributed by atoms with Crippen LogP contribution < -0.4 is 0 Å². The highest BCUT2D eigenvalue weighted by Crippen LogP contribution is 2.21. The topological polar surface area (TPSA) is 50.3 Å². The van der Waals surface area contributed by atoms with Crippen LogP contribution in [-0.4, -0.2) is 26.8 Å². The molecule has 16 heavy (non-hydrogen) atoms. The minimum Gasteiger partial charge on any atom is -0.274 e. The van der Waals surface area contributed by atoms with E-state index in [2.05, 4.69) is 4.98 Å². The van der Waals surface area contributed by atoms with Crippen molar-refractivity contribution in [3.05, 3.63) is 29.0 Å². The lowest BCUT2D eigenvalue weighted by Crippen LogP contribution is -2.37. The molecule has 1 aromatic rings. The number of halogens is 1. The third-order valence-electron chi connectivity index (χ3n) is 2.19. The Labute approximate surface area is 102 Å². The van der Waals surface area contributed by atoms with Crippen LogP contribution in [0.25, 0.3) is 0 Å². The van der Waals surface area contributed by atoms with Gasteiger partial charge in [-0.2, -0.15) is 0 Å². The third-order valence-corrected chi connectivity index (χ3v) is 3.28. The molecule has 4 nitrogen and oxygen atoms in total. The van der Waals surface area contributed by atoms with Gasteiger partial charge < -0.3 is 0 Å². The zero-order valence-electron chi connectivity index (χ0n) is 8.35. The van der Waals surface area contributed by atoms with Crippen molar-refractivity contribution in [2.75, 3.05) is 5.75 Å². The van der Waals surface area contributed by atoms with Gasteiger partial charge in [-0.1, -0.05) is 23.4 Å². The van der Waals surface area contributed by atoms with Crippen LogP contribution in [0.3, 0.4) is 0 Å². The Morgan fingerprint density at radius 3 is 3.00 bits per heavy atom. The fraction of sp³-hybridized carbons (Fsp3) is 0.300. The Morgan fingerprint density at radius 1 is 1.50 bits per heavy atom. The average molecular weight is 257 g/mol. The van der Waals surface area contributed by atoms with Gasteiger partial charge in [-0.25, -0.2) is 4.98 Å². The Balaban J connectivity index is 2.13. The number of imide groups is 1. The van der Waals surface area contributed by atoms with Gasteiger partial charge in [0.1, 0.15) is 5.15 Å². The first-order valence-corrected chi connectivity index (χ1v) is 6.11. The number of hydrogen-bond acceptors (Lipinski definition) is 4. The van der Waals surface area contributed by atoms with Crippen molar-refractivity contribution in [2.24, 2.45) is 0 Å². The van der Waals surface area contributed by atoms with Gasteiger partial charge >= 0.3 is 0 Å². The second-order valence-corrected chi connectivity index (χ2v) is 4.76. The van der Waals surface area contributed by atoms with Crippen molar-refractivity contribution < 1.29 is 9.59 Å². The molecule has 0 spiro atoms. The number of rotatable bonds is 2. The molecule has 0 unspecified atom stereocenters. The summed E-state index contributed by atoms with van der Waals surface area (Å²) < 4.78 is 0. The van der Waals surface area contributed by atoms with Crippen molar-refractivity contribution >= 4 is 34.5 Å². The van der Waals surface area contributed by atoms with Crippen molar-refractivity contribution in [3.63, 3.8) is 0 Å². The van der Waals surface area contributed by atoms with E-state index in [1.807, 2.05) is 0 Å². The Hall–Kier alpha value is -1.07. The first-order chi connectivity index (χ1) is 7.66. The Bertz CT molecular complexity index is 423. The molecule has 0 bridgehead atoms. The third kappa shape index (κ3) is 2.54. The lowest BCUT2D eigenvalue weighted by atomic mass is 10.2. The standard InChI is InChI=1S/C10H9ClN2O2S/c11-8-5-7(1-3-12-8)6-13-9(14)2-4-16-10(13)15/h1,3,5H,2,4,6H2.